The Balaban J connectivity index is 1.73. The van der Waals surface area contributed by atoms with Gasteiger partial charge >= 0.3 is 6.18 Å². The lowest BCUT2D eigenvalue weighted by molar-refractivity contribution is -0.141. The Hall–Kier alpha value is -3.91. The number of anilines is 1. The number of carbonyl (C=O) groups excluding carboxylic acids is 2. The number of aromatic nitrogens is 2. The number of amides is 1. The summed E-state index contributed by atoms with van der Waals surface area (Å²) >= 11 is 6.15. The zero-order valence-corrected chi connectivity index (χ0v) is 18.5. The summed E-state index contributed by atoms with van der Waals surface area (Å²) in [7, 11) is 0. The lowest BCUT2D eigenvalue weighted by atomic mass is 10.0. The predicted molar refractivity (Wildman–Crippen MR) is 123 cm³/mol. The van der Waals surface area contributed by atoms with Crippen LogP contribution in [0, 0.1) is 6.92 Å². The lowest BCUT2D eigenvalue weighted by Crippen LogP contribution is -2.19. The van der Waals surface area contributed by atoms with Gasteiger partial charge in [0.05, 0.1) is 16.4 Å². The minimum absolute atomic E-state index is 0.105. The molecule has 3 aromatic carbocycles. The van der Waals surface area contributed by atoms with Crippen LogP contribution in [0.15, 0.2) is 78.9 Å². The van der Waals surface area contributed by atoms with Crippen molar-refractivity contribution in [2.24, 2.45) is 0 Å². The first kappa shape index (κ1) is 23.3. The maximum Gasteiger partial charge on any atom is 0.435 e. The second-order valence-electron chi connectivity index (χ2n) is 7.47. The van der Waals surface area contributed by atoms with E-state index >= 15 is 0 Å². The zero-order chi connectivity index (χ0) is 24.5. The summed E-state index contributed by atoms with van der Waals surface area (Å²) in [5.41, 5.74) is 0.200. The van der Waals surface area contributed by atoms with Crippen molar-refractivity contribution < 1.29 is 22.8 Å². The van der Waals surface area contributed by atoms with Gasteiger partial charge in [0.15, 0.2) is 11.5 Å². The molecule has 1 amide bonds. The number of nitrogens with one attached hydrogen (secondary N) is 1. The molecule has 4 rings (SSSR count). The molecule has 0 spiro atoms. The number of para-hydroxylation sites is 2. The molecule has 0 aliphatic carbocycles. The summed E-state index contributed by atoms with van der Waals surface area (Å²) in [6.45, 7) is 1.89. The standard InChI is InChI=1S/C25H17ClF3N3O2/c1-15-10-12-16(13-11-15)23(33)17-6-2-4-8-19(17)30-24(34)21-14-22(25(27,28)29)31-32(21)20-9-5-3-7-18(20)26/h2-14H,1H3,(H,30,34). The smallest absolute Gasteiger partial charge is 0.320 e. The molecular weight excluding hydrogens is 467 g/mol. The van der Waals surface area contributed by atoms with Gasteiger partial charge in [0.25, 0.3) is 5.91 Å². The third-order valence-corrected chi connectivity index (χ3v) is 5.37. The number of aryl methyl sites for hydroxylation is 1. The maximum atomic E-state index is 13.4. The molecule has 1 N–H and O–H groups in total. The minimum Gasteiger partial charge on any atom is -0.320 e. The van der Waals surface area contributed by atoms with Crippen molar-refractivity contribution in [2.75, 3.05) is 5.32 Å². The van der Waals surface area contributed by atoms with Gasteiger partial charge in [-0.05, 0) is 31.2 Å². The van der Waals surface area contributed by atoms with Crippen molar-refractivity contribution in [3.63, 3.8) is 0 Å². The van der Waals surface area contributed by atoms with Crippen LogP contribution in [-0.4, -0.2) is 21.5 Å². The van der Waals surface area contributed by atoms with E-state index in [1.54, 1.807) is 48.5 Å². The molecule has 0 radical (unpaired) electrons. The number of ketones is 1. The number of halogens is 4. The minimum atomic E-state index is -4.78. The maximum absolute atomic E-state index is 13.4. The van der Waals surface area contributed by atoms with Gasteiger partial charge in [0.2, 0.25) is 0 Å². The summed E-state index contributed by atoms with van der Waals surface area (Å²) in [5.74, 6) is -1.22. The number of rotatable bonds is 5. The van der Waals surface area contributed by atoms with Gasteiger partial charge < -0.3 is 5.32 Å². The summed E-state index contributed by atoms with van der Waals surface area (Å²) in [5, 5.41) is 6.23. The van der Waals surface area contributed by atoms with Crippen molar-refractivity contribution >= 4 is 29.0 Å². The van der Waals surface area contributed by atoms with E-state index in [4.69, 9.17) is 11.6 Å². The molecule has 4 aromatic rings. The molecular formula is C25H17ClF3N3O2. The molecule has 5 nitrogen and oxygen atoms in total. The van der Waals surface area contributed by atoms with Crippen molar-refractivity contribution in [3.05, 3.63) is 112 Å². The van der Waals surface area contributed by atoms with E-state index in [0.717, 1.165) is 10.2 Å². The second-order valence-corrected chi connectivity index (χ2v) is 7.88. The van der Waals surface area contributed by atoms with Crippen LogP contribution < -0.4 is 5.32 Å². The molecule has 34 heavy (non-hydrogen) atoms. The van der Waals surface area contributed by atoms with Crippen molar-refractivity contribution in [1.29, 1.82) is 0 Å². The van der Waals surface area contributed by atoms with E-state index in [0.29, 0.717) is 11.6 Å². The van der Waals surface area contributed by atoms with Crippen LogP contribution in [-0.2, 0) is 6.18 Å². The largest absolute Gasteiger partial charge is 0.435 e. The van der Waals surface area contributed by atoms with E-state index in [1.807, 2.05) is 6.92 Å². The second kappa shape index (κ2) is 9.15. The Bertz CT molecular complexity index is 1380. The van der Waals surface area contributed by atoms with Crippen LogP contribution in [0.5, 0.6) is 0 Å². The molecule has 0 fully saturated rings. The molecule has 0 bridgehead atoms. The first-order valence-corrected chi connectivity index (χ1v) is 10.5. The number of carbonyl (C=O) groups is 2. The fraction of sp³-hybridized carbons (Fsp3) is 0.0800. The zero-order valence-electron chi connectivity index (χ0n) is 17.7. The Morgan fingerprint density at radius 1 is 0.941 bits per heavy atom. The van der Waals surface area contributed by atoms with Crippen molar-refractivity contribution in [1.82, 2.24) is 9.78 Å². The monoisotopic (exact) mass is 483 g/mol. The molecule has 9 heteroatoms. The van der Waals surface area contributed by atoms with Gasteiger partial charge in [-0.1, -0.05) is 65.7 Å². The van der Waals surface area contributed by atoms with Gasteiger partial charge in [0, 0.05) is 17.2 Å². The fourth-order valence-electron chi connectivity index (χ4n) is 3.33. The SMILES string of the molecule is Cc1ccc(C(=O)c2ccccc2NC(=O)c2cc(C(F)(F)F)nn2-c2ccccc2Cl)cc1. The van der Waals surface area contributed by atoms with Crippen LogP contribution >= 0.6 is 11.6 Å². The summed E-state index contributed by atoms with van der Waals surface area (Å²) < 4.78 is 41.0. The molecule has 0 saturated heterocycles. The normalized spacial score (nSPS) is 11.3. The van der Waals surface area contributed by atoms with Crippen LogP contribution in [0.2, 0.25) is 5.02 Å². The van der Waals surface area contributed by atoms with Crippen LogP contribution in [0.3, 0.4) is 0 Å². The van der Waals surface area contributed by atoms with Gasteiger partial charge in [-0.2, -0.15) is 18.3 Å². The number of benzene rings is 3. The van der Waals surface area contributed by atoms with Gasteiger partial charge in [-0.25, -0.2) is 4.68 Å². The van der Waals surface area contributed by atoms with E-state index in [1.165, 1.54) is 24.3 Å². The van der Waals surface area contributed by atoms with E-state index in [9.17, 15) is 22.8 Å². The molecule has 0 aliphatic rings. The number of nitrogens with zero attached hydrogens (tertiary/aromatic N) is 2. The highest BCUT2D eigenvalue weighted by atomic mass is 35.5. The fourth-order valence-corrected chi connectivity index (χ4v) is 3.54. The van der Waals surface area contributed by atoms with E-state index in [2.05, 4.69) is 10.4 Å². The molecule has 0 atom stereocenters. The molecule has 0 saturated carbocycles. The number of hydrogen-bond donors (Lipinski definition) is 1. The average molecular weight is 484 g/mol. The highest BCUT2D eigenvalue weighted by Gasteiger charge is 2.36. The Kier molecular flexibility index (Phi) is 6.26. The third-order valence-electron chi connectivity index (χ3n) is 5.05. The topological polar surface area (TPSA) is 64.0 Å². The molecule has 1 heterocycles. The average Bonchev–Trinajstić information content (AvgIpc) is 3.26. The summed E-state index contributed by atoms with van der Waals surface area (Å²) in [6, 6.07) is 19.9. The first-order chi connectivity index (χ1) is 16.1. The van der Waals surface area contributed by atoms with E-state index in [-0.39, 0.29) is 27.7 Å². The number of alkyl halides is 3. The van der Waals surface area contributed by atoms with Crippen LogP contribution in [0.4, 0.5) is 18.9 Å². The Morgan fingerprint density at radius 2 is 1.59 bits per heavy atom. The van der Waals surface area contributed by atoms with Gasteiger partial charge in [0.1, 0.15) is 5.69 Å². The Labute approximate surface area is 197 Å². The lowest BCUT2D eigenvalue weighted by Gasteiger charge is -2.12. The van der Waals surface area contributed by atoms with Crippen molar-refractivity contribution in [3.8, 4) is 5.69 Å². The molecule has 0 unspecified atom stereocenters. The summed E-state index contributed by atoms with van der Waals surface area (Å²) in [6.07, 6.45) is -4.78. The third kappa shape index (κ3) is 4.72. The quantitative estimate of drug-likeness (QED) is 0.337. The van der Waals surface area contributed by atoms with Gasteiger partial charge in [-0.15, -0.1) is 0 Å². The van der Waals surface area contributed by atoms with Crippen molar-refractivity contribution in [2.45, 2.75) is 13.1 Å². The highest BCUT2D eigenvalue weighted by molar-refractivity contribution is 6.32. The summed E-state index contributed by atoms with van der Waals surface area (Å²) in [4.78, 5) is 26.2. The molecule has 1 aromatic heterocycles. The van der Waals surface area contributed by atoms with Gasteiger partial charge in [-0.3, -0.25) is 9.59 Å². The van der Waals surface area contributed by atoms with Crippen LogP contribution in [0.25, 0.3) is 5.69 Å². The van der Waals surface area contributed by atoms with E-state index < -0.39 is 23.5 Å². The first-order valence-electron chi connectivity index (χ1n) is 10.1. The molecule has 0 aliphatic heterocycles. The van der Waals surface area contributed by atoms with Crippen LogP contribution in [0.1, 0.15) is 37.7 Å². The highest BCUT2D eigenvalue weighted by Crippen LogP contribution is 2.31. The predicted octanol–water partition coefficient (Wildman–Crippen LogP) is 6.34. The number of hydrogen-bond acceptors (Lipinski definition) is 3. The molecule has 172 valence electrons. The Morgan fingerprint density at radius 3 is 2.26 bits per heavy atom.